The minimum absolute atomic E-state index is 0.0169. The van der Waals surface area contributed by atoms with Gasteiger partial charge >= 0.3 is 0 Å². The summed E-state index contributed by atoms with van der Waals surface area (Å²) in [6, 6.07) is 25.6. The highest BCUT2D eigenvalue weighted by Gasteiger charge is 2.25. The second-order valence-corrected chi connectivity index (χ2v) is 7.27. The number of hydrogen-bond acceptors (Lipinski definition) is 2. The summed E-state index contributed by atoms with van der Waals surface area (Å²) in [6.07, 6.45) is 2.22. The first kappa shape index (κ1) is 21.2. The van der Waals surface area contributed by atoms with Crippen LogP contribution in [0, 0.1) is 5.82 Å². The molecule has 1 aliphatic carbocycles. The Bertz CT molecular complexity index is 946. The van der Waals surface area contributed by atoms with E-state index in [9.17, 15) is 14.0 Å². The molecule has 5 heteroatoms. The number of rotatable bonds is 6. The van der Waals surface area contributed by atoms with Gasteiger partial charge in [-0.3, -0.25) is 9.59 Å². The largest absolute Gasteiger partial charge is 0.368 e. The minimum Gasteiger partial charge on any atom is -0.368 e. The molecule has 0 bridgehead atoms. The quantitative estimate of drug-likeness (QED) is 0.657. The molecule has 1 fully saturated rings. The Balaban J connectivity index is 0.000000367. The van der Waals surface area contributed by atoms with Crippen molar-refractivity contribution < 1.29 is 14.0 Å². The van der Waals surface area contributed by atoms with E-state index in [1.54, 1.807) is 42.5 Å². The number of carbonyl (C=O) groups is 2. The normalized spacial score (nSPS) is 12.4. The molecule has 0 unspecified atom stereocenters. The van der Waals surface area contributed by atoms with E-state index in [1.807, 2.05) is 36.4 Å². The summed E-state index contributed by atoms with van der Waals surface area (Å²) in [7, 11) is 0. The summed E-state index contributed by atoms with van der Waals surface area (Å²) in [5.41, 5.74) is 7.19. The number of carbonyl (C=O) groups excluding carboxylic acids is 2. The van der Waals surface area contributed by atoms with Crippen molar-refractivity contribution >= 4 is 11.8 Å². The van der Waals surface area contributed by atoms with E-state index < -0.39 is 5.91 Å². The van der Waals surface area contributed by atoms with E-state index in [1.165, 1.54) is 11.0 Å². The Labute approximate surface area is 176 Å². The molecule has 154 valence electrons. The van der Waals surface area contributed by atoms with Crippen LogP contribution in [-0.2, 0) is 11.3 Å². The first-order chi connectivity index (χ1) is 14.5. The van der Waals surface area contributed by atoms with Crippen LogP contribution in [0.4, 0.5) is 4.39 Å². The lowest BCUT2D eigenvalue weighted by molar-refractivity contribution is -0.118. The highest BCUT2D eigenvalue weighted by molar-refractivity contribution is 5.96. The van der Waals surface area contributed by atoms with Crippen LogP contribution in [0.25, 0.3) is 0 Å². The van der Waals surface area contributed by atoms with E-state index in [0.717, 1.165) is 18.4 Å². The third kappa shape index (κ3) is 6.27. The number of nitrogens with two attached hydrogens (primary N) is 1. The summed E-state index contributed by atoms with van der Waals surface area (Å²) in [6.45, 7) is -0.232. The summed E-state index contributed by atoms with van der Waals surface area (Å²) in [5.74, 6) is -0.864. The van der Waals surface area contributed by atoms with Gasteiger partial charge in [0.2, 0.25) is 5.91 Å². The van der Waals surface area contributed by atoms with Crippen molar-refractivity contribution in [1.82, 2.24) is 4.90 Å². The average Bonchev–Trinajstić information content (AvgIpc) is 3.62. The molecular weight excluding hydrogens is 379 g/mol. The molecule has 30 heavy (non-hydrogen) atoms. The van der Waals surface area contributed by atoms with E-state index >= 15 is 0 Å². The topological polar surface area (TPSA) is 63.4 Å². The lowest BCUT2D eigenvalue weighted by atomic mass is 10.1. The van der Waals surface area contributed by atoms with Gasteiger partial charge in [-0.05, 0) is 42.5 Å². The molecule has 2 amide bonds. The second kappa shape index (κ2) is 10.3. The summed E-state index contributed by atoms with van der Waals surface area (Å²) in [4.78, 5) is 25.2. The standard InChI is InChI=1S/C19H19FN2O2.C6H6/c20-17-9-8-15(13-6-7-13)10-16(17)11-22(12-18(21)23)19(24)14-4-2-1-3-5-14;1-2-4-6-5-3-1/h1-5,8-10,13H,6-7,11-12H2,(H2,21,23);1-6H. The van der Waals surface area contributed by atoms with Crippen LogP contribution < -0.4 is 5.73 Å². The van der Waals surface area contributed by atoms with Crippen LogP contribution in [0.3, 0.4) is 0 Å². The number of halogens is 1. The molecule has 3 aromatic rings. The molecule has 1 aliphatic rings. The Hall–Kier alpha value is -3.47. The molecule has 0 spiro atoms. The third-order valence-corrected chi connectivity index (χ3v) is 4.80. The van der Waals surface area contributed by atoms with Crippen LogP contribution >= 0.6 is 0 Å². The first-order valence-electron chi connectivity index (χ1n) is 9.95. The third-order valence-electron chi connectivity index (χ3n) is 4.80. The number of primary amides is 1. The van der Waals surface area contributed by atoms with Crippen molar-refractivity contribution in [1.29, 1.82) is 0 Å². The highest BCUT2D eigenvalue weighted by Crippen LogP contribution is 2.40. The van der Waals surface area contributed by atoms with Crippen molar-refractivity contribution in [3.8, 4) is 0 Å². The maximum absolute atomic E-state index is 14.2. The summed E-state index contributed by atoms with van der Waals surface area (Å²) < 4.78 is 14.2. The maximum Gasteiger partial charge on any atom is 0.254 e. The SMILES string of the molecule is NC(=O)CN(Cc1cc(C2CC2)ccc1F)C(=O)c1ccccc1.c1ccccc1. The molecule has 0 aliphatic heterocycles. The van der Waals surface area contributed by atoms with Gasteiger partial charge in [0.25, 0.3) is 5.91 Å². The molecule has 0 heterocycles. The zero-order valence-electron chi connectivity index (χ0n) is 16.7. The van der Waals surface area contributed by atoms with E-state index in [-0.39, 0.29) is 24.8 Å². The van der Waals surface area contributed by atoms with Gasteiger partial charge in [-0.25, -0.2) is 4.39 Å². The molecule has 0 saturated heterocycles. The first-order valence-corrected chi connectivity index (χ1v) is 9.95. The molecule has 4 nitrogen and oxygen atoms in total. The summed E-state index contributed by atoms with van der Waals surface area (Å²) in [5, 5.41) is 0. The molecule has 1 saturated carbocycles. The fourth-order valence-electron chi connectivity index (χ4n) is 3.13. The molecular formula is C25H25FN2O2. The molecule has 0 aromatic heterocycles. The second-order valence-electron chi connectivity index (χ2n) is 7.27. The van der Waals surface area contributed by atoms with Crippen molar-refractivity contribution in [3.05, 3.63) is 107 Å². The Kier molecular flexibility index (Phi) is 7.33. The number of benzene rings is 3. The van der Waals surface area contributed by atoms with E-state index in [4.69, 9.17) is 5.73 Å². The Morgan fingerprint density at radius 1 is 0.900 bits per heavy atom. The fraction of sp³-hybridized carbons (Fsp3) is 0.200. The average molecular weight is 404 g/mol. The minimum atomic E-state index is -0.627. The molecule has 0 atom stereocenters. The van der Waals surface area contributed by atoms with E-state index in [0.29, 0.717) is 17.0 Å². The van der Waals surface area contributed by atoms with Crippen molar-refractivity contribution in [2.45, 2.75) is 25.3 Å². The van der Waals surface area contributed by atoms with Gasteiger partial charge in [-0.2, -0.15) is 0 Å². The van der Waals surface area contributed by atoms with Gasteiger partial charge in [0, 0.05) is 17.7 Å². The van der Waals surface area contributed by atoms with Gasteiger partial charge < -0.3 is 10.6 Å². The predicted octanol–water partition coefficient (Wildman–Crippen LogP) is 4.52. The Morgan fingerprint density at radius 3 is 2.00 bits per heavy atom. The number of hydrogen-bond donors (Lipinski definition) is 1. The maximum atomic E-state index is 14.2. The Morgan fingerprint density at radius 2 is 1.47 bits per heavy atom. The monoisotopic (exact) mass is 404 g/mol. The molecule has 0 radical (unpaired) electrons. The fourth-order valence-corrected chi connectivity index (χ4v) is 3.13. The van der Waals surface area contributed by atoms with Crippen LogP contribution in [0.5, 0.6) is 0 Å². The van der Waals surface area contributed by atoms with Crippen molar-refractivity contribution in [2.75, 3.05) is 6.54 Å². The zero-order valence-corrected chi connectivity index (χ0v) is 16.7. The van der Waals surface area contributed by atoms with Gasteiger partial charge in [-0.15, -0.1) is 0 Å². The highest BCUT2D eigenvalue weighted by atomic mass is 19.1. The molecule has 2 N–H and O–H groups in total. The van der Waals surface area contributed by atoms with Crippen LogP contribution in [0.1, 0.15) is 40.2 Å². The predicted molar refractivity (Wildman–Crippen MR) is 115 cm³/mol. The van der Waals surface area contributed by atoms with Crippen LogP contribution in [0.15, 0.2) is 84.9 Å². The van der Waals surface area contributed by atoms with Crippen molar-refractivity contribution in [3.63, 3.8) is 0 Å². The van der Waals surface area contributed by atoms with Gasteiger partial charge in [0.15, 0.2) is 0 Å². The lowest BCUT2D eigenvalue weighted by Gasteiger charge is -2.22. The number of amides is 2. The van der Waals surface area contributed by atoms with Crippen molar-refractivity contribution in [2.24, 2.45) is 5.73 Å². The van der Waals surface area contributed by atoms with Crippen LogP contribution in [0.2, 0.25) is 0 Å². The zero-order chi connectivity index (χ0) is 21.3. The van der Waals surface area contributed by atoms with Gasteiger partial charge in [-0.1, -0.05) is 66.7 Å². The van der Waals surface area contributed by atoms with E-state index in [2.05, 4.69) is 0 Å². The molecule has 3 aromatic carbocycles. The van der Waals surface area contributed by atoms with Gasteiger partial charge in [0.1, 0.15) is 5.82 Å². The lowest BCUT2D eigenvalue weighted by Crippen LogP contribution is -2.38. The molecule has 4 rings (SSSR count). The smallest absolute Gasteiger partial charge is 0.254 e. The van der Waals surface area contributed by atoms with Gasteiger partial charge in [0.05, 0.1) is 6.54 Å². The summed E-state index contributed by atoms with van der Waals surface area (Å²) >= 11 is 0. The number of nitrogens with zero attached hydrogens (tertiary/aromatic N) is 1. The van der Waals surface area contributed by atoms with Crippen LogP contribution in [-0.4, -0.2) is 23.3 Å².